The van der Waals surface area contributed by atoms with Gasteiger partial charge in [-0.15, -0.1) is 0 Å². The number of hydrogen-bond donors (Lipinski definition) is 5. The molecule has 320 valence electrons. The summed E-state index contributed by atoms with van der Waals surface area (Å²) in [5.41, 5.74) is 5.87. The van der Waals surface area contributed by atoms with E-state index in [-0.39, 0.29) is 0 Å². The number of halogens is 9. The molecule has 2 aliphatic heterocycles. The number of alkyl halides is 9. The lowest BCUT2D eigenvalue weighted by atomic mass is 9.80. The van der Waals surface area contributed by atoms with Crippen molar-refractivity contribution < 1.29 is 78.7 Å². The fourth-order valence-corrected chi connectivity index (χ4v) is 6.44. The van der Waals surface area contributed by atoms with Crippen LogP contribution in [0.15, 0.2) is 30.3 Å². The summed E-state index contributed by atoms with van der Waals surface area (Å²) in [7, 11) is 3.33. The van der Waals surface area contributed by atoms with Crippen LogP contribution in [0.25, 0.3) is 22.4 Å². The third-order valence-corrected chi connectivity index (χ3v) is 8.94. The molecule has 2 aliphatic rings. The highest BCUT2D eigenvalue weighted by Crippen LogP contribution is 2.39. The Bertz CT molecular complexity index is 1730. The molecular weight excluding hydrogens is 787 g/mol. The molecule has 3 heterocycles. The molecule has 2 fully saturated rings. The first-order valence-corrected chi connectivity index (χ1v) is 17.4. The predicted octanol–water partition coefficient (Wildman–Crippen LogP) is 7.80. The van der Waals surface area contributed by atoms with Crippen molar-refractivity contribution in [2.75, 3.05) is 33.9 Å². The van der Waals surface area contributed by atoms with Crippen LogP contribution in [-0.2, 0) is 14.4 Å². The Morgan fingerprint density at radius 3 is 1.79 bits per heavy atom. The number of benzene rings is 2. The molecule has 5 N–H and O–H groups in total. The number of nitrogens with zero attached hydrogens (tertiary/aromatic N) is 2. The van der Waals surface area contributed by atoms with Crippen molar-refractivity contribution in [2.24, 2.45) is 5.92 Å². The first-order chi connectivity index (χ1) is 26.3. The van der Waals surface area contributed by atoms with Gasteiger partial charge in [-0.05, 0) is 106 Å². The van der Waals surface area contributed by atoms with Gasteiger partial charge in [-0.2, -0.15) is 39.5 Å². The number of ether oxygens (including phenoxy) is 2. The van der Waals surface area contributed by atoms with Gasteiger partial charge in [0.2, 0.25) is 0 Å². The summed E-state index contributed by atoms with van der Waals surface area (Å²) in [6.07, 6.45) is -8.90. The van der Waals surface area contributed by atoms with Crippen molar-refractivity contribution in [1.82, 2.24) is 20.2 Å². The smallest absolute Gasteiger partial charge is 0.490 e. The Hall–Kier alpha value is -4.79. The van der Waals surface area contributed by atoms with Crippen molar-refractivity contribution >= 4 is 28.9 Å². The Morgan fingerprint density at radius 1 is 0.825 bits per heavy atom. The van der Waals surface area contributed by atoms with Crippen LogP contribution in [0.4, 0.5) is 39.5 Å². The second-order valence-corrected chi connectivity index (χ2v) is 13.5. The molecule has 0 saturated carbocycles. The van der Waals surface area contributed by atoms with Gasteiger partial charge in [0.1, 0.15) is 5.82 Å². The van der Waals surface area contributed by atoms with Crippen LogP contribution in [-0.4, -0.2) is 113 Å². The van der Waals surface area contributed by atoms with E-state index in [0.29, 0.717) is 17.7 Å². The number of aryl methyl sites for hydroxylation is 1. The average Bonchev–Trinajstić information content (AvgIpc) is 3.56. The lowest BCUT2D eigenvalue weighted by molar-refractivity contribution is -0.193. The van der Waals surface area contributed by atoms with E-state index in [1.54, 1.807) is 14.2 Å². The molecule has 0 aliphatic carbocycles. The second-order valence-electron chi connectivity index (χ2n) is 13.5. The van der Waals surface area contributed by atoms with Crippen LogP contribution in [0.5, 0.6) is 11.5 Å². The third-order valence-electron chi connectivity index (χ3n) is 8.94. The molecule has 1 aromatic heterocycles. The van der Waals surface area contributed by atoms with E-state index in [4.69, 9.17) is 44.2 Å². The number of fused-ring (bicyclic) bond motifs is 1. The molecule has 3 aromatic rings. The van der Waals surface area contributed by atoms with Crippen LogP contribution >= 0.6 is 0 Å². The summed E-state index contributed by atoms with van der Waals surface area (Å²) in [5, 5.41) is 24.9. The number of aliphatic carboxylic acids is 3. The summed E-state index contributed by atoms with van der Waals surface area (Å²) in [5.74, 6) is -4.65. The number of imidazole rings is 1. The van der Waals surface area contributed by atoms with Gasteiger partial charge in [0.15, 0.2) is 11.5 Å². The molecule has 0 spiro atoms. The molecule has 0 radical (unpaired) electrons. The maximum absolute atomic E-state index is 10.6. The fraction of sp³-hybridized carbons (Fsp3) is 0.556. The quantitative estimate of drug-likeness (QED) is 0.147. The van der Waals surface area contributed by atoms with Gasteiger partial charge in [0.25, 0.3) is 0 Å². The Morgan fingerprint density at radius 2 is 1.33 bits per heavy atom. The number of carboxylic acids is 3. The van der Waals surface area contributed by atoms with E-state index in [2.05, 4.69) is 48.1 Å². The summed E-state index contributed by atoms with van der Waals surface area (Å²) in [4.78, 5) is 38.1. The van der Waals surface area contributed by atoms with E-state index in [1.807, 2.05) is 18.2 Å². The van der Waals surface area contributed by atoms with Crippen molar-refractivity contribution in [2.45, 2.75) is 89.4 Å². The Kier molecular flexibility index (Phi) is 17.5. The standard InChI is InChI=1S/C30H42N4O2.3C2HF3O2/c1-19(2)14-25-16-21(10-13-34(25)24-8-11-31-12-9-24)23-15-20(3)29-26(17-23)32-30(33-29)22-6-7-27(35-4)28(18-22)36-5;3*3-2(4,5)1(6)7/h6-7,15,17-19,21,24-25,31H,8-14,16H2,1-5H3,(H,32,33);3*(H,6,7)/t21?,25-;;;/m1.../s1. The third kappa shape index (κ3) is 14.9. The first-order valence-electron chi connectivity index (χ1n) is 17.4. The Labute approximate surface area is 321 Å². The molecule has 21 heteroatoms. The number of likely N-dealkylation sites (tertiary alicyclic amines) is 1. The molecule has 0 amide bonds. The minimum Gasteiger partial charge on any atom is -0.493 e. The minimum absolute atomic E-state index is 0.600. The molecule has 2 aromatic carbocycles. The van der Waals surface area contributed by atoms with Crippen molar-refractivity contribution in [3.63, 3.8) is 0 Å². The maximum atomic E-state index is 10.6. The number of methoxy groups -OCH3 is 2. The van der Waals surface area contributed by atoms with Gasteiger partial charge in [-0.25, -0.2) is 19.4 Å². The van der Waals surface area contributed by atoms with Crippen LogP contribution in [0.2, 0.25) is 0 Å². The molecule has 5 rings (SSSR count). The number of piperidine rings is 2. The zero-order chi connectivity index (χ0) is 43.5. The Balaban J connectivity index is 0.000000438. The molecule has 57 heavy (non-hydrogen) atoms. The van der Waals surface area contributed by atoms with Crippen LogP contribution in [0.1, 0.15) is 63.0 Å². The topological polar surface area (TPSA) is 174 Å². The normalized spacial score (nSPS) is 17.9. The van der Waals surface area contributed by atoms with E-state index in [1.165, 1.54) is 49.8 Å². The SMILES string of the molecule is COc1ccc(-c2nc3c(C)cc(C4CCN(C5CCNCC5)[C@H](CC(C)C)C4)cc3[nH]2)cc1OC.O=C(O)C(F)(F)F.O=C(O)C(F)(F)F.O=C(O)C(F)(F)F. The van der Waals surface area contributed by atoms with Crippen molar-refractivity contribution in [1.29, 1.82) is 0 Å². The maximum Gasteiger partial charge on any atom is 0.490 e. The highest BCUT2D eigenvalue weighted by molar-refractivity contribution is 5.83. The number of aromatic nitrogens is 2. The number of aromatic amines is 1. The van der Waals surface area contributed by atoms with E-state index in [0.717, 1.165) is 53.2 Å². The molecule has 2 atom stereocenters. The van der Waals surface area contributed by atoms with E-state index in [9.17, 15) is 39.5 Å². The summed E-state index contributed by atoms with van der Waals surface area (Å²) < 4.78 is 106. The van der Waals surface area contributed by atoms with Gasteiger partial charge in [0, 0.05) is 17.6 Å². The number of carbonyl (C=O) groups is 3. The number of H-pyrrole nitrogens is 1. The van der Waals surface area contributed by atoms with Crippen LogP contribution in [0.3, 0.4) is 0 Å². The molecule has 2 saturated heterocycles. The highest BCUT2D eigenvalue weighted by atomic mass is 19.4. The lowest BCUT2D eigenvalue weighted by Gasteiger charge is -2.46. The number of nitrogens with one attached hydrogen (secondary N) is 2. The van der Waals surface area contributed by atoms with Crippen LogP contribution in [0, 0.1) is 12.8 Å². The van der Waals surface area contributed by atoms with Gasteiger partial charge >= 0.3 is 36.4 Å². The molecule has 0 bridgehead atoms. The number of rotatable bonds is 7. The number of carboxylic acid groups (broad SMARTS) is 3. The van der Waals surface area contributed by atoms with Crippen molar-refractivity contribution in [3.8, 4) is 22.9 Å². The highest BCUT2D eigenvalue weighted by Gasteiger charge is 2.40. The zero-order valence-corrected chi connectivity index (χ0v) is 31.5. The predicted molar refractivity (Wildman–Crippen MR) is 188 cm³/mol. The van der Waals surface area contributed by atoms with Gasteiger partial charge in [0.05, 0.1) is 25.3 Å². The largest absolute Gasteiger partial charge is 0.493 e. The van der Waals surface area contributed by atoms with Gasteiger partial charge in [-0.3, -0.25) is 4.90 Å². The second kappa shape index (κ2) is 20.6. The van der Waals surface area contributed by atoms with E-state index < -0.39 is 36.4 Å². The van der Waals surface area contributed by atoms with Gasteiger partial charge in [-0.1, -0.05) is 19.9 Å². The first kappa shape index (κ1) is 48.4. The van der Waals surface area contributed by atoms with E-state index >= 15 is 0 Å². The van der Waals surface area contributed by atoms with Crippen LogP contribution < -0.4 is 14.8 Å². The zero-order valence-electron chi connectivity index (χ0n) is 31.5. The summed E-state index contributed by atoms with van der Waals surface area (Å²) >= 11 is 0. The molecule has 12 nitrogen and oxygen atoms in total. The fourth-order valence-electron chi connectivity index (χ4n) is 6.44. The lowest BCUT2D eigenvalue weighted by Crippen LogP contribution is -2.51. The monoisotopic (exact) mass is 832 g/mol. The molecular formula is C36H45F9N4O8. The van der Waals surface area contributed by atoms with Crippen molar-refractivity contribution in [3.05, 3.63) is 41.5 Å². The molecule has 1 unspecified atom stereocenters. The van der Waals surface area contributed by atoms with Gasteiger partial charge < -0.3 is 35.1 Å². The minimum atomic E-state index is -5.08. The summed E-state index contributed by atoms with van der Waals surface area (Å²) in [6.45, 7) is 10.5. The summed E-state index contributed by atoms with van der Waals surface area (Å²) in [6, 6.07) is 12.1. The average molecular weight is 833 g/mol. The number of hydrogen-bond acceptors (Lipinski definition) is 8.